The van der Waals surface area contributed by atoms with Crippen LogP contribution >= 0.6 is 0 Å². The largest absolute Gasteiger partial charge is 0.394 e. The Morgan fingerprint density at radius 1 is 1.03 bits per heavy atom. The molecular formula is C22H32N2O10S. The van der Waals surface area contributed by atoms with Gasteiger partial charge < -0.3 is 34.1 Å². The first kappa shape index (κ1) is 27.6. The summed E-state index contributed by atoms with van der Waals surface area (Å²) in [6.45, 7) is 2.82. The van der Waals surface area contributed by atoms with Crippen LogP contribution in [0.3, 0.4) is 0 Å². The molecule has 2 aliphatic rings. The number of benzene rings is 1. The summed E-state index contributed by atoms with van der Waals surface area (Å²) in [4.78, 5) is 23.5. The van der Waals surface area contributed by atoms with E-state index in [9.17, 15) is 18.0 Å². The van der Waals surface area contributed by atoms with Gasteiger partial charge in [0.2, 0.25) is 10.0 Å². The highest BCUT2D eigenvalue weighted by molar-refractivity contribution is 7.89. The van der Waals surface area contributed by atoms with Gasteiger partial charge in [0.1, 0.15) is 0 Å². The number of nitrogens with one attached hydrogen (secondary N) is 1. The molecule has 0 aromatic heterocycles. The molecule has 0 spiro atoms. The Labute approximate surface area is 204 Å². The SMILES string of the molecule is COC[C@@H]1C[C@@H](OCCOCCOCCOCCO)CN1S(=O)(=O)c1ccc2c(c1)C(=O)C(=O)N2. The number of methoxy groups -OCH3 is 1. The molecule has 1 amide bonds. The number of hydrogen-bond donors (Lipinski definition) is 2. The minimum atomic E-state index is -3.95. The molecule has 1 aromatic rings. The van der Waals surface area contributed by atoms with Crippen molar-refractivity contribution in [1.29, 1.82) is 0 Å². The molecule has 0 saturated carbocycles. The number of carbonyl (C=O) groups excluding carboxylic acids is 2. The van der Waals surface area contributed by atoms with E-state index in [1.54, 1.807) is 0 Å². The Hall–Kier alpha value is -1.97. The van der Waals surface area contributed by atoms with E-state index in [1.165, 1.54) is 29.6 Å². The van der Waals surface area contributed by atoms with E-state index in [2.05, 4.69) is 5.32 Å². The first-order valence-electron chi connectivity index (χ1n) is 11.3. The predicted molar refractivity (Wildman–Crippen MR) is 123 cm³/mol. The van der Waals surface area contributed by atoms with Crippen LogP contribution in [0, 0.1) is 0 Å². The average molecular weight is 517 g/mol. The average Bonchev–Trinajstić information content (AvgIpc) is 3.38. The Kier molecular flexibility index (Phi) is 10.5. The number of nitrogens with zero attached hydrogens (tertiary/aromatic N) is 1. The van der Waals surface area contributed by atoms with E-state index in [0.29, 0.717) is 51.7 Å². The normalized spacial score (nSPS) is 20.4. The molecule has 3 rings (SSSR count). The first-order chi connectivity index (χ1) is 16.9. The summed E-state index contributed by atoms with van der Waals surface area (Å²) >= 11 is 0. The molecule has 0 radical (unpaired) electrons. The third kappa shape index (κ3) is 7.27. The Morgan fingerprint density at radius 2 is 1.69 bits per heavy atom. The Morgan fingerprint density at radius 3 is 2.34 bits per heavy atom. The number of fused-ring (bicyclic) bond motifs is 1. The molecule has 2 N–H and O–H groups in total. The fourth-order valence-electron chi connectivity index (χ4n) is 3.90. The number of aliphatic hydroxyl groups is 1. The molecule has 2 heterocycles. The molecule has 196 valence electrons. The summed E-state index contributed by atoms with van der Waals surface area (Å²) in [5.41, 5.74) is 0.348. The second-order valence-electron chi connectivity index (χ2n) is 7.96. The lowest BCUT2D eigenvalue weighted by Gasteiger charge is -2.23. The fraction of sp³-hybridized carbons (Fsp3) is 0.636. The summed E-state index contributed by atoms with van der Waals surface area (Å²) in [6, 6.07) is 3.60. The third-order valence-corrected chi connectivity index (χ3v) is 7.46. The van der Waals surface area contributed by atoms with E-state index in [4.69, 9.17) is 28.8 Å². The zero-order chi connectivity index (χ0) is 25.3. The smallest absolute Gasteiger partial charge is 0.296 e. The van der Waals surface area contributed by atoms with E-state index in [-0.39, 0.29) is 42.9 Å². The second-order valence-corrected chi connectivity index (χ2v) is 9.85. The van der Waals surface area contributed by atoms with E-state index in [1.807, 2.05) is 0 Å². The van der Waals surface area contributed by atoms with Crippen molar-refractivity contribution >= 4 is 27.4 Å². The van der Waals surface area contributed by atoms with Crippen molar-refractivity contribution in [2.75, 3.05) is 78.4 Å². The minimum Gasteiger partial charge on any atom is -0.394 e. The zero-order valence-electron chi connectivity index (χ0n) is 19.6. The van der Waals surface area contributed by atoms with Crippen molar-refractivity contribution in [2.24, 2.45) is 0 Å². The lowest BCUT2D eigenvalue weighted by molar-refractivity contribution is -0.112. The molecule has 2 aliphatic heterocycles. The summed E-state index contributed by atoms with van der Waals surface area (Å²) in [5, 5.41) is 11.0. The maximum absolute atomic E-state index is 13.4. The van der Waals surface area contributed by atoms with Gasteiger partial charge in [-0.15, -0.1) is 0 Å². The Bertz CT molecular complexity index is 971. The van der Waals surface area contributed by atoms with Crippen LogP contribution in [-0.4, -0.2) is 115 Å². The lowest BCUT2D eigenvalue weighted by Crippen LogP contribution is -2.38. The quantitative estimate of drug-likeness (QED) is 0.221. The fourth-order valence-corrected chi connectivity index (χ4v) is 5.58. The maximum Gasteiger partial charge on any atom is 0.296 e. The van der Waals surface area contributed by atoms with Crippen LogP contribution in [0.5, 0.6) is 0 Å². The van der Waals surface area contributed by atoms with Crippen molar-refractivity contribution < 1.29 is 46.8 Å². The number of ketones is 1. The first-order valence-corrected chi connectivity index (χ1v) is 12.8. The van der Waals surface area contributed by atoms with Crippen LogP contribution in [0.4, 0.5) is 5.69 Å². The van der Waals surface area contributed by atoms with E-state index in [0.717, 1.165) is 0 Å². The molecule has 2 atom stereocenters. The van der Waals surface area contributed by atoms with Crippen LogP contribution in [0.15, 0.2) is 23.1 Å². The van der Waals surface area contributed by atoms with Gasteiger partial charge >= 0.3 is 0 Å². The van der Waals surface area contributed by atoms with E-state index >= 15 is 0 Å². The predicted octanol–water partition coefficient (Wildman–Crippen LogP) is -0.342. The highest BCUT2D eigenvalue weighted by Gasteiger charge is 2.41. The number of hydrogen-bond acceptors (Lipinski definition) is 10. The molecular weight excluding hydrogens is 484 g/mol. The lowest BCUT2D eigenvalue weighted by atomic mass is 10.1. The topological polar surface area (TPSA) is 150 Å². The van der Waals surface area contributed by atoms with Gasteiger partial charge in [0, 0.05) is 13.7 Å². The molecule has 1 fully saturated rings. The minimum absolute atomic E-state index is 0.0189. The summed E-state index contributed by atoms with van der Waals surface area (Å²) in [6.07, 6.45) is 0.112. The number of amides is 1. The molecule has 35 heavy (non-hydrogen) atoms. The number of ether oxygens (including phenoxy) is 5. The van der Waals surface area contributed by atoms with Crippen LogP contribution in [0.2, 0.25) is 0 Å². The summed E-state index contributed by atoms with van der Waals surface area (Å²) in [7, 11) is -2.45. The van der Waals surface area contributed by atoms with Crippen molar-refractivity contribution in [2.45, 2.75) is 23.5 Å². The van der Waals surface area contributed by atoms with Crippen LogP contribution in [0.25, 0.3) is 0 Å². The highest BCUT2D eigenvalue weighted by Crippen LogP contribution is 2.31. The third-order valence-electron chi connectivity index (χ3n) is 5.54. The summed E-state index contributed by atoms with van der Waals surface area (Å²) < 4.78 is 55.0. The van der Waals surface area contributed by atoms with Crippen molar-refractivity contribution in [3.8, 4) is 0 Å². The Balaban J connectivity index is 1.47. The molecule has 0 bridgehead atoms. The molecule has 13 heteroatoms. The van der Waals surface area contributed by atoms with Gasteiger partial charge in [0.25, 0.3) is 11.7 Å². The van der Waals surface area contributed by atoms with Gasteiger partial charge in [-0.05, 0) is 24.6 Å². The molecule has 0 unspecified atom stereocenters. The standard InChI is InChI=1S/C22H32N2O10S/c1-30-15-16-12-17(34-11-10-33-9-8-32-7-6-31-5-4-25)14-24(16)35(28,29)18-2-3-20-19(13-18)21(26)22(27)23-20/h2-3,13,16-17,25H,4-12,14-15H2,1H3,(H,23,26,27)/t16-,17+/m0/s1. The zero-order valence-corrected chi connectivity index (χ0v) is 20.5. The number of aliphatic hydroxyl groups excluding tert-OH is 1. The molecule has 0 aliphatic carbocycles. The number of anilines is 1. The molecule has 1 aromatic carbocycles. The van der Waals surface area contributed by atoms with E-state index < -0.39 is 27.8 Å². The highest BCUT2D eigenvalue weighted by atomic mass is 32.2. The monoisotopic (exact) mass is 516 g/mol. The van der Waals surface area contributed by atoms with Gasteiger partial charge in [-0.2, -0.15) is 4.31 Å². The van der Waals surface area contributed by atoms with Crippen LogP contribution in [-0.2, 0) is 38.5 Å². The number of rotatable bonds is 16. The number of carbonyl (C=O) groups is 2. The maximum atomic E-state index is 13.4. The van der Waals surface area contributed by atoms with Crippen molar-refractivity contribution in [3.05, 3.63) is 23.8 Å². The van der Waals surface area contributed by atoms with Gasteiger partial charge in [-0.1, -0.05) is 0 Å². The summed E-state index contributed by atoms with van der Waals surface area (Å²) in [5.74, 6) is -1.53. The van der Waals surface area contributed by atoms with Crippen LogP contribution in [0.1, 0.15) is 16.8 Å². The van der Waals surface area contributed by atoms with Gasteiger partial charge in [-0.3, -0.25) is 9.59 Å². The number of sulfonamides is 1. The van der Waals surface area contributed by atoms with Gasteiger partial charge in [0.05, 0.1) is 87.8 Å². The molecule has 1 saturated heterocycles. The number of Topliss-reactive ketones (excluding diaryl/α,β-unsaturated/α-hetero) is 1. The van der Waals surface area contributed by atoms with Gasteiger partial charge in [-0.25, -0.2) is 8.42 Å². The van der Waals surface area contributed by atoms with Gasteiger partial charge in [0.15, 0.2) is 0 Å². The van der Waals surface area contributed by atoms with Crippen LogP contribution < -0.4 is 5.32 Å². The second kappa shape index (κ2) is 13.4. The van der Waals surface area contributed by atoms with Crippen molar-refractivity contribution in [1.82, 2.24) is 4.31 Å². The molecule has 12 nitrogen and oxygen atoms in total. The van der Waals surface area contributed by atoms with Crippen molar-refractivity contribution in [3.63, 3.8) is 0 Å².